The highest BCUT2D eigenvalue weighted by Crippen LogP contribution is 2.31. The Morgan fingerprint density at radius 2 is 2.09 bits per heavy atom. The molecule has 114 valence electrons. The fourth-order valence-electron chi connectivity index (χ4n) is 2.93. The second kappa shape index (κ2) is 6.10. The van der Waals surface area contributed by atoms with Gasteiger partial charge in [-0.05, 0) is 37.1 Å². The van der Waals surface area contributed by atoms with Crippen molar-refractivity contribution in [3.63, 3.8) is 0 Å². The quantitative estimate of drug-likeness (QED) is 0.942. The minimum absolute atomic E-state index is 0.0168. The third-order valence-electron chi connectivity index (χ3n) is 4.02. The average molecular weight is 296 g/mol. The van der Waals surface area contributed by atoms with Crippen LogP contribution in [0.25, 0.3) is 0 Å². The molecule has 2 aromatic carbocycles. The Morgan fingerprint density at radius 3 is 2.91 bits per heavy atom. The van der Waals surface area contributed by atoms with Crippen LogP contribution in [0.5, 0.6) is 5.75 Å². The summed E-state index contributed by atoms with van der Waals surface area (Å²) in [6.45, 7) is 2.51. The van der Waals surface area contributed by atoms with E-state index < -0.39 is 0 Å². The van der Waals surface area contributed by atoms with Crippen LogP contribution in [0, 0.1) is 0 Å². The molecule has 3 rings (SSSR count). The van der Waals surface area contributed by atoms with Crippen molar-refractivity contribution in [2.24, 2.45) is 0 Å². The molecule has 0 fully saturated rings. The van der Waals surface area contributed by atoms with E-state index in [0.717, 1.165) is 23.5 Å². The summed E-state index contributed by atoms with van der Waals surface area (Å²) in [5.74, 6) is 0.717. The smallest absolute Gasteiger partial charge is 0.243 e. The summed E-state index contributed by atoms with van der Waals surface area (Å²) in [4.78, 5) is 14.5. The third kappa shape index (κ3) is 2.91. The van der Waals surface area contributed by atoms with E-state index in [1.54, 1.807) is 7.11 Å². The molecule has 0 spiro atoms. The molecule has 1 aliphatic rings. The van der Waals surface area contributed by atoms with Crippen LogP contribution >= 0.6 is 0 Å². The van der Waals surface area contributed by atoms with Crippen molar-refractivity contribution in [1.82, 2.24) is 0 Å². The lowest BCUT2D eigenvalue weighted by molar-refractivity contribution is -0.115. The first-order chi connectivity index (χ1) is 10.7. The van der Waals surface area contributed by atoms with Gasteiger partial charge in [-0.1, -0.05) is 24.3 Å². The number of benzene rings is 2. The summed E-state index contributed by atoms with van der Waals surface area (Å²) in [7, 11) is 1.61. The molecule has 2 aromatic rings. The molecule has 1 unspecified atom stereocenters. The number of fused-ring (bicyclic) bond motifs is 1. The fraction of sp³-hybridized carbons (Fsp3) is 0.278. The average Bonchev–Trinajstić information content (AvgIpc) is 2.83. The van der Waals surface area contributed by atoms with Crippen molar-refractivity contribution in [3.8, 4) is 5.75 Å². The van der Waals surface area contributed by atoms with E-state index in [-0.39, 0.29) is 5.91 Å². The number of para-hydroxylation sites is 1. The van der Waals surface area contributed by atoms with Crippen LogP contribution in [0.2, 0.25) is 0 Å². The number of amides is 1. The minimum Gasteiger partial charge on any atom is -0.497 e. The molecule has 4 heteroatoms. The van der Waals surface area contributed by atoms with Crippen molar-refractivity contribution in [2.45, 2.75) is 19.4 Å². The topological polar surface area (TPSA) is 41.6 Å². The Bertz CT molecular complexity index is 684. The number of nitrogens with zero attached hydrogens (tertiary/aromatic N) is 1. The van der Waals surface area contributed by atoms with Crippen LogP contribution in [-0.2, 0) is 11.2 Å². The second-order valence-corrected chi connectivity index (χ2v) is 5.59. The molecule has 0 radical (unpaired) electrons. The molecule has 4 nitrogen and oxygen atoms in total. The van der Waals surface area contributed by atoms with E-state index in [0.29, 0.717) is 12.6 Å². The number of ether oxygens (including phenoxy) is 1. The van der Waals surface area contributed by atoms with E-state index in [9.17, 15) is 4.79 Å². The first kappa shape index (κ1) is 14.4. The summed E-state index contributed by atoms with van der Waals surface area (Å²) in [5, 5.41) is 2.93. The van der Waals surface area contributed by atoms with Crippen molar-refractivity contribution in [2.75, 3.05) is 23.9 Å². The van der Waals surface area contributed by atoms with E-state index in [1.807, 2.05) is 36.4 Å². The molecular weight excluding hydrogens is 276 g/mol. The molecule has 1 amide bonds. The monoisotopic (exact) mass is 296 g/mol. The molecule has 0 aliphatic carbocycles. The molecule has 1 heterocycles. The van der Waals surface area contributed by atoms with Gasteiger partial charge < -0.3 is 15.0 Å². The summed E-state index contributed by atoms with van der Waals surface area (Å²) >= 11 is 0. The van der Waals surface area contributed by atoms with Gasteiger partial charge in [-0.3, -0.25) is 4.79 Å². The van der Waals surface area contributed by atoms with Crippen LogP contribution < -0.4 is 15.0 Å². The van der Waals surface area contributed by atoms with Gasteiger partial charge in [0.1, 0.15) is 5.75 Å². The maximum absolute atomic E-state index is 12.3. The zero-order valence-electron chi connectivity index (χ0n) is 12.9. The first-order valence-corrected chi connectivity index (χ1v) is 7.46. The summed E-state index contributed by atoms with van der Waals surface area (Å²) in [6, 6.07) is 16.0. The van der Waals surface area contributed by atoms with Gasteiger partial charge in [-0.25, -0.2) is 0 Å². The van der Waals surface area contributed by atoms with Crippen LogP contribution in [0.1, 0.15) is 12.5 Å². The van der Waals surface area contributed by atoms with Gasteiger partial charge in [-0.15, -0.1) is 0 Å². The molecule has 0 bridgehead atoms. The van der Waals surface area contributed by atoms with Gasteiger partial charge >= 0.3 is 0 Å². The van der Waals surface area contributed by atoms with Crippen molar-refractivity contribution < 1.29 is 9.53 Å². The number of hydrogen-bond donors (Lipinski definition) is 1. The van der Waals surface area contributed by atoms with E-state index >= 15 is 0 Å². The highest BCUT2D eigenvalue weighted by atomic mass is 16.5. The van der Waals surface area contributed by atoms with Crippen molar-refractivity contribution >= 4 is 17.3 Å². The second-order valence-electron chi connectivity index (χ2n) is 5.59. The number of methoxy groups -OCH3 is 1. The Morgan fingerprint density at radius 1 is 1.27 bits per heavy atom. The normalized spacial score (nSPS) is 16.3. The van der Waals surface area contributed by atoms with Gasteiger partial charge in [0.25, 0.3) is 0 Å². The maximum atomic E-state index is 12.3. The molecule has 1 N–H and O–H groups in total. The lowest BCUT2D eigenvalue weighted by Crippen LogP contribution is -2.37. The van der Waals surface area contributed by atoms with Gasteiger partial charge in [0.05, 0.1) is 13.7 Å². The Kier molecular flexibility index (Phi) is 4.00. The van der Waals surface area contributed by atoms with Crippen LogP contribution in [0.3, 0.4) is 0 Å². The lowest BCUT2D eigenvalue weighted by atomic mass is 10.1. The number of nitrogens with one attached hydrogen (secondary N) is 1. The third-order valence-corrected chi connectivity index (χ3v) is 4.02. The Labute approximate surface area is 130 Å². The number of carbonyl (C=O) groups excluding carboxylic acids is 1. The number of rotatable bonds is 4. The number of hydrogen-bond acceptors (Lipinski definition) is 3. The summed E-state index contributed by atoms with van der Waals surface area (Å²) < 4.78 is 5.17. The minimum atomic E-state index is -0.0168. The van der Waals surface area contributed by atoms with Crippen molar-refractivity contribution in [3.05, 3.63) is 54.1 Å². The fourth-order valence-corrected chi connectivity index (χ4v) is 2.93. The SMILES string of the molecule is COc1cccc(NC(=O)CN2c3ccccc3CC2C)c1. The molecular formula is C18H20N2O2. The summed E-state index contributed by atoms with van der Waals surface area (Å²) in [5.41, 5.74) is 3.23. The first-order valence-electron chi connectivity index (χ1n) is 7.46. The summed E-state index contributed by atoms with van der Waals surface area (Å²) in [6.07, 6.45) is 0.989. The van der Waals surface area contributed by atoms with Gasteiger partial charge in [0.15, 0.2) is 0 Å². The molecule has 0 aromatic heterocycles. The molecule has 1 aliphatic heterocycles. The largest absolute Gasteiger partial charge is 0.497 e. The predicted molar refractivity (Wildman–Crippen MR) is 88.6 cm³/mol. The van der Waals surface area contributed by atoms with E-state index in [4.69, 9.17) is 4.74 Å². The van der Waals surface area contributed by atoms with Crippen LogP contribution in [0.4, 0.5) is 11.4 Å². The predicted octanol–water partition coefficient (Wildman–Crippen LogP) is 3.08. The van der Waals surface area contributed by atoms with Crippen LogP contribution in [-0.4, -0.2) is 25.6 Å². The Balaban J connectivity index is 1.69. The lowest BCUT2D eigenvalue weighted by Gasteiger charge is -2.24. The van der Waals surface area contributed by atoms with Crippen molar-refractivity contribution in [1.29, 1.82) is 0 Å². The maximum Gasteiger partial charge on any atom is 0.243 e. The molecule has 0 saturated carbocycles. The standard InChI is InChI=1S/C18H20N2O2/c1-13-10-14-6-3-4-9-17(14)20(13)12-18(21)19-15-7-5-8-16(11-15)22-2/h3-9,11,13H,10,12H2,1-2H3,(H,19,21). The van der Waals surface area contributed by atoms with Gasteiger partial charge in [-0.2, -0.15) is 0 Å². The molecule has 22 heavy (non-hydrogen) atoms. The van der Waals surface area contributed by atoms with Gasteiger partial charge in [0.2, 0.25) is 5.91 Å². The number of carbonyl (C=O) groups is 1. The highest BCUT2D eigenvalue weighted by Gasteiger charge is 2.26. The number of anilines is 2. The Hall–Kier alpha value is -2.49. The molecule has 1 atom stereocenters. The van der Waals surface area contributed by atoms with E-state index in [2.05, 4.69) is 29.3 Å². The van der Waals surface area contributed by atoms with Gasteiger partial charge in [0, 0.05) is 23.5 Å². The zero-order chi connectivity index (χ0) is 15.5. The van der Waals surface area contributed by atoms with Crippen LogP contribution in [0.15, 0.2) is 48.5 Å². The van der Waals surface area contributed by atoms with E-state index in [1.165, 1.54) is 5.56 Å². The molecule has 0 saturated heterocycles. The zero-order valence-corrected chi connectivity index (χ0v) is 12.9. The highest BCUT2D eigenvalue weighted by molar-refractivity contribution is 5.94.